The van der Waals surface area contributed by atoms with Crippen LogP contribution in [0.1, 0.15) is 62.6 Å². The van der Waals surface area contributed by atoms with Crippen LogP contribution < -0.4 is 10.6 Å². The highest BCUT2D eigenvalue weighted by Crippen LogP contribution is 2.40. The van der Waals surface area contributed by atoms with E-state index in [0.29, 0.717) is 35.8 Å². The summed E-state index contributed by atoms with van der Waals surface area (Å²) < 4.78 is 7.42. The second-order valence-corrected chi connectivity index (χ2v) is 12.9. The molecule has 0 spiro atoms. The number of benzene rings is 2. The number of hydrogen-bond donors (Lipinski definition) is 2. The number of ether oxygens (including phenoxy) is 1. The molecule has 2 amide bonds. The zero-order chi connectivity index (χ0) is 29.1. The van der Waals surface area contributed by atoms with Crippen LogP contribution in [-0.2, 0) is 28.9 Å². The Balaban J connectivity index is 1.27. The van der Waals surface area contributed by atoms with Gasteiger partial charge in [-0.2, -0.15) is 0 Å². The lowest BCUT2D eigenvalue weighted by Crippen LogP contribution is -2.27. The van der Waals surface area contributed by atoms with Gasteiger partial charge in [0.05, 0.1) is 17.4 Å². The van der Waals surface area contributed by atoms with Gasteiger partial charge in [0.25, 0.3) is 5.91 Å². The highest BCUT2D eigenvalue weighted by molar-refractivity contribution is 8.00. The van der Waals surface area contributed by atoms with Crippen molar-refractivity contribution >= 4 is 56.8 Å². The second kappa shape index (κ2) is 12.5. The van der Waals surface area contributed by atoms with Crippen molar-refractivity contribution in [2.45, 2.75) is 63.6 Å². The van der Waals surface area contributed by atoms with Gasteiger partial charge in [-0.1, -0.05) is 35.4 Å². The smallest absolute Gasteiger partial charge is 0.341 e. The molecule has 1 aliphatic carbocycles. The number of fused-ring (bicyclic) bond motifs is 2. The van der Waals surface area contributed by atoms with Crippen molar-refractivity contribution < 1.29 is 19.1 Å². The monoisotopic (exact) mass is 589 g/mol. The molecule has 2 heterocycles. The maximum absolute atomic E-state index is 13.3. The number of rotatable bonds is 10. The third kappa shape index (κ3) is 6.36. The lowest BCUT2D eigenvalue weighted by molar-refractivity contribution is -0.115. The molecule has 5 rings (SSSR count). The average molecular weight is 590 g/mol. The van der Waals surface area contributed by atoms with E-state index in [1.807, 2.05) is 51.2 Å². The molecule has 0 fully saturated rings. The molecule has 0 aliphatic heterocycles. The van der Waals surface area contributed by atoms with E-state index in [9.17, 15) is 14.4 Å². The number of aromatic nitrogens is 1. The molecule has 1 aliphatic rings. The number of esters is 1. The molecule has 2 N–H and O–H groups in total. The fourth-order valence-electron chi connectivity index (χ4n) is 5.36. The Morgan fingerprint density at radius 1 is 1.10 bits per heavy atom. The highest BCUT2D eigenvalue weighted by Gasteiger charge is 2.29. The van der Waals surface area contributed by atoms with E-state index in [2.05, 4.69) is 33.4 Å². The van der Waals surface area contributed by atoms with E-state index in [1.165, 1.54) is 23.1 Å². The van der Waals surface area contributed by atoms with E-state index < -0.39 is 5.25 Å². The van der Waals surface area contributed by atoms with E-state index in [0.717, 1.165) is 56.6 Å². The van der Waals surface area contributed by atoms with Crippen LogP contribution in [0, 0.1) is 13.8 Å². The first-order valence-electron chi connectivity index (χ1n) is 14.0. The standard InChI is InChI=1S/C32H35N3O4S2/c1-5-39-32(38)28-24-10-8-12-26(24)41-31(28)34-29(36)21(4)40-27-18-35(25-11-7-6-9-23(25)27)14-13-33-30(37)22-16-19(2)15-20(3)17-22/h6-7,9,11,15-18,21H,5,8,10,12-14H2,1-4H3,(H,33,37)(H,34,36)/t21-/m1/s1. The van der Waals surface area contributed by atoms with Gasteiger partial charge in [-0.15, -0.1) is 23.1 Å². The van der Waals surface area contributed by atoms with Gasteiger partial charge in [-0.05, 0) is 70.7 Å². The van der Waals surface area contributed by atoms with Crippen LogP contribution in [0.3, 0.4) is 0 Å². The van der Waals surface area contributed by atoms with Gasteiger partial charge >= 0.3 is 5.97 Å². The molecule has 2 aromatic carbocycles. The minimum absolute atomic E-state index is 0.0881. The summed E-state index contributed by atoms with van der Waals surface area (Å²) >= 11 is 2.98. The summed E-state index contributed by atoms with van der Waals surface area (Å²) in [5.41, 5.74) is 5.38. The third-order valence-corrected chi connectivity index (χ3v) is 9.54. The van der Waals surface area contributed by atoms with E-state index >= 15 is 0 Å². The normalized spacial score (nSPS) is 13.2. The Labute approximate surface area is 248 Å². The molecule has 0 bridgehead atoms. The zero-order valence-electron chi connectivity index (χ0n) is 23.8. The van der Waals surface area contributed by atoms with Crippen molar-refractivity contribution in [2.75, 3.05) is 18.5 Å². The Morgan fingerprint density at radius 2 is 1.85 bits per heavy atom. The molecule has 0 unspecified atom stereocenters. The minimum Gasteiger partial charge on any atom is -0.462 e. The molecule has 0 radical (unpaired) electrons. The van der Waals surface area contributed by atoms with Crippen LogP contribution in [0.5, 0.6) is 0 Å². The molecule has 1 atom stereocenters. The van der Waals surface area contributed by atoms with Crippen LogP contribution in [0.15, 0.2) is 53.6 Å². The maximum Gasteiger partial charge on any atom is 0.341 e. The number of hydrogen-bond acceptors (Lipinski definition) is 6. The number of anilines is 1. The Morgan fingerprint density at radius 3 is 2.61 bits per heavy atom. The number of nitrogens with one attached hydrogen (secondary N) is 2. The van der Waals surface area contributed by atoms with Gasteiger partial charge in [0.2, 0.25) is 5.91 Å². The van der Waals surface area contributed by atoms with Crippen LogP contribution >= 0.6 is 23.1 Å². The Hall–Kier alpha value is -3.56. The number of thioether (sulfide) groups is 1. The molecule has 214 valence electrons. The first-order valence-corrected chi connectivity index (χ1v) is 15.7. The Bertz CT molecular complexity index is 1600. The predicted molar refractivity (Wildman–Crippen MR) is 166 cm³/mol. The van der Waals surface area contributed by atoms with Crippen LogP contribution in [0.2, 0.25) is 0 Å². The maximum atomic E-state index is 13.3. The first-order chi connectivity index (χ1) is 19.7. The van der Waals surface area contributed by atoms with Crippen molar-refractivity contribution in [1.82, 2.24) is 9.88 Å². The average Bonchev–Trinajstić information content (AvgIpc) is 3.61. The SMILES string of the molecule is CCOC(=O)c1c(NC(=O)[C@@H](C)Sc2cn(CCNC(=O)c3cc(C)cc(C)c3)c3ccccc23)sc2c1CCC2. The van der Waals surface area contributed by atoms with Gasteiger partial charge in [-0.3, -0.25) is 9.59 Å². The van der Waals surface area contributed by atoms with Crippen molar-refractivity contribution in [3.05, 3.63) is 81.4 Å². The van der Waals surface area contributed by atoms with Crippen LogP contribution in [0.25, 0.3) is 10.9 Å². The fraction of sp³-hybridized carbons (Fsp3) is 0.344. The summed E-state index contributed by atoms with van der Waals surface area (Å²) in [7, 11) is 0. The summed E-state index contributed by atoms with van der Waals surface area (Å²) in [5, 5.41) is 7.31. The summed E-state index contributed by atoms with van der Waals surface area (Å²) in [6.07, 6.45) is 4.83. The molecule has 2 aromatic heterocycles. The highest BCUT2D eigenvalue weighted by atomic mass is 32.2. The summed E-state index contributed by atoms with van der Waals surface area (Å²) in [6, 6.07) is 13.9. The van der Waals surface area contributed by atoms with E-state index in [1.54, 1.807) is 6.92 Å². The number of para-hydroxylation sites is 1. The van der Waals surface area contributed by atoms with Gasteiger partial charge in [0.1, 0.15) is 5.00 Å². The van der Waals surface area contributed by atoms with Crippen LogP contribution in [-0.4, -0.2) is 40.8 Å². The molecular weight excluding hydrogens is 555 g/mol. The van der Waals surface area contributed by atoms with Crippen molar-refractivity contribution in [1.29, 1.82) is 0 Å². The topological polar surface area (TPSA) is 89.4 Å². The molecule has 9 heteroatoms. The second-order valence-electron chi connectivity index (χ2n) is 10.4. The van der Waals surface area contributed by atoms with E-state index in [4.69, 9.17) is 4.74 Å². The largest absolute Gasteiger partial charge is 0.462 e. The molecule has 7 nitrogen and oxygen atoms in total. The molecule has 4 aromatic rings. The molecular formula is C32H35N3O4S2. The third-order valence-electron chi connectivity index (χ3n) is 7.18. The summed E-state index contributed by atoms with van der Waals surface area (Å²) in [5.74, 6) is -0.608. The van der Waals surface area contributed by atoms with Gasteiger partial charge in [0.15, 0.2) is 0 Å². The lowest BCUT2D eigenvalue weighted by atomic mass is 10.1. The Kier molecular flexibility index (Phi) is 8.85. The van der Waals surface area contributed by atoms with Gasteiger partial charge in [0, 0.05) is 45.5 Å². The number of aryl methyl sites for hydroxylation is 3. The minimum atomic E-state index is -0.398. The molecule has 0 saturated carbocycles. The fourth-order valence-corrected chi connectivity index (χ4v) is 7.67. The zero-order valence-corrected chi connectivity index (χ0v) is 25.5. The molecule has 41 heavy (non-hydrogen) atoms. The number of thiophene rings is 1. The summed E-state index contributed by atoms with van der Waals surface area (Å²) in [6.45, 7) is 9.01. The van der Waals surface area contributed by atoms with Gasteiger partial charge in [-0.25, -0.2) is 4.79 Å². The summed E-state index contributed by atoms with van der Waals surface area (Å²) in [4.78, 5) is 40.9. The van der Waals surface area contributed by atoms with E-state index in [-0.39, 0.29) is 17.8 Å². The quantitative estimate of drug-likeness (QED) is 0.162. The number of carbonyl (C=O) groups excluding carboxylic acids is 3. The lowest BCUT2D eigenvalue weighted by Gasteiger charge is -2.12. The van der Waals surface area contributed by atoms with Gasteiger partial charge < -0.3 is 19.9 Å². The number of nitrogens with zero attached hydrogens (tertiary/aromatic N) is 1. The van der Waals surface area contributed by atoms with Crippen molar-refractivity contribution in [2.24, 2.45) is 0 Å². The van der Waals surface area contributed by atoms with Crippen LogP contribution in [0.4, 0.5) is 5.00 Å². The number of amides is 2. The van der Waals surface area contributed by atoms with Crippen molar-refractivity contribution in [3.63, 3.8) is 0 Å². The predicted octanol–water partition coefficient (Wildman–Crippen LogP) is 6.53. The first kappa shape index (κ1) is 29.0. The molecule has 0 saturated heterocycles. The van der Waals surface area contributed by atoms with Crippen molar-refractivity contribution in [3.8, 4) is 0 Å². The number of carbonyl (C=O) groups is 3.